The number of Topliss-reactive ketones (excluding diaryl/α,β-unsaturated/α-hetero) is 1. The van der Waals surface area contributed by atoms with E-state index in [1.165, 1.54) is 7.11 Å². The van der Waals surface area contributed by atoms with Crippen molar-refractivity contribution in [3.8, 4) is 0 Å². The summed E-state index contributed by atoms with van der Waals surface area (Å²) in [7, 11) is -0.263. The van der Waals surface area contributed by atoms with Crippen molar-refractivity contribution in [1.82, 2.24) is 0 Å². The number of methoxy groups -OCH3 is 1. The minimum absolute atomic E-state index is 0.0273. The highest BCUT2D eigenvalue weighted by Gasteiger charge is 2.42. The Morgan fingerprint density at radius 1 is 1.28 bits per heavy atom. The number of rotatable bonds is 9. The highest BCUT2D eigenvalue weighted by atomic mass is 31.2. The maximum atomic E-state index is 13.5. The third kappa shape index (κ3) is 5.52. The number of hydrogen-bond donors (Lipinski definition) is 0. The van der Waals surface area contributed by atoms with E-state index < -0.39 is 31.9 Å². The third-order valence-electron chi connectivity index (χ3n) is 2.57. The molecule has 0 aliphatic carbocycles. The number of ketones is 1. The van der Waals surface area contributed by atoms with Gasteiger partial charge < -0.3 is 13.8 Å². The van der Waals surface area contributed by atoms with E-state index in [2.05, 4.69) is 9.05 Å². The number of carbonyl (C=O) groups is 1. The lowest BCUT2D eigenvalue weighted by Crippen LogP contribution is -2.32. The molecule has 0 bridgehead atoms. The summed E-state index contributed by atoms with van der Waals surface area (Å²) in [6.07, 6.45) is -1.94. The van der Waals surface area contributed by atoms with Crippen LogP contribution in [0.1, 0.15) is 19.8 Å². The molecule has 0 saturated carbocycles. The second kappa shape index (κ2) is 7.28. The number of ether oxygens (including phenoxy) is 1. The molecule has 0 amide bonds. The number of alkyl halides is 2. The minimum atomic E-state index is -3.75. The molecular formula is C10H19F2O5P. The molecule has 0 aromatic rings. The Labute approximate surface area is 105 Å². The minimum Gasteiger partial charge on any atom is -0.382 e. The molecule has 0 aliphatic heterocycles. The third-order valence-corrected chi connectivity index (χ3v) is 4.36. The molecule has 108 valence electrons. The van der Waals surface area contributed by atoms with Gasteiger partial charge in [0, 0.05) is 27.8 Å². The van der Waals surface area contributed by atoms with Crippen LogP contribution < -0.4 is 0 Å². The smallest absolute Gasteiger partial charge is 0.337 e. The van der Waals surface area contributed by atoms with Crippen molar-refractivity contribution in [1.29, 1.82) is 0 Å². The monoisotopic (exact) mass is 288 g/mol. The lowest BCUT2D eigenvalue weighted by atomic mass is 10.1. The molecule has 0 rings (SSSR count). The predicted octanol–water partition coefficient (Wildman–Crippen LogP) is 2.49. The molecule has 1 unspecified atom stereocenters. The molecule has 0 spiro atoms. The topological polar surface area (TPSA) is 61.8 Å². The molecule has 1 atom stereocenters. The first-order valence-corrected chi connectivity index (χ1v) is 7.08. The van der Waals surface area contributed by atoms with Gasteiger partial charge in [-0.3, -0.25) is 9.36 Å². The van der Waals surface area contributed by atoms with Crippen LogP contribution in [-0.4, -0.2) is 45.3 Å². The van der Waals surface area contributed by atoms with Crippen LogP contribution in [0.15, 0.2) is 0 Å². The van der Waals surface area contributed by atoms with E-state index in [0.717, 1.165) is 14.2 Å². The zero-order chi connectivity index (χ0) is 14.4. The SMILES string of the molecule is COC(C)CCC(F)(F)C(=O)CP(=O)(OC)OC. The molecule has 5 nitrogen and oxygen atoms in total. The van der Waals surface area contributed by atoms with E-state index in [9.17, 15) is 18.1 Å². The zero-order valence-corrected chi connectivity index (χ0v) is 11.8. The first-order chi connectivity index (χ1) is 8.20. The molecule has 0 aromatic carbocycles. The van der Waals surface area contributed by atoms with Crippen LogP contribution in [0.25, 0.3) is 0 Å². The average molecular weight is 288 g/mol. The van der Waals surface area contributed by atoms with Gasteiger partial charge in [0.05, 0.1) is 6.10 Å². The van der Waals surface area contributed by atoms with Gasteiger partial charge >= 0.3 is 13.5 Å². The van der Waals surface area contributed by atoms with Crippen molar-refractivity contribution in [3.05, 3.63) is 0 Å². The van der Waals surface area contributed by atoms with E-state index in [1.807, 2.05) is 0 Å². The summed E-state index contributed by atoms with van der Waals surface area (Å²) >= 11 is 0. The molecule has 18 heavy (non-hydrogen) atoms. The van der Waals surface area contributed by atoms with Gasteiger partial charge in [-0.05, 0) is 13.3 Å². The molecule has 0 N–H and O–H groups in total. The van der Waals surface area contributed by atoms with Crippen LogP contribution in [-0.2, 0) is 23.1 Å². The summed E-state index contributed by atoms with van der Waals surface area (Å²) in [4.78, 5) is 11.4. The number of carbonyl (C=O) groups excluding carboxylic acids is 1. The molecule has 0 radical (unpaired) electrons. The van der Waals surface area contributed by atoms with E-state index in [1.54, 1.807) is 6.92 Å². The zero-order valence-electron chi connectivity index (χ0n) is 10.9. The maximum absolute atomic E-state index is 13.5. The van der Waals surface area contributed by atoms with E-state index >= 15 is 0 Å². The maximum Gasteiger partial charge on any atom is 0.337 e. The normalized spacial score (nSPS) is 14.6. The number of hydrogen-bond acceptors (Lipinski definition) is 5. The van der Waals surface area contributed by atoms with Crippen LogP contribution in [0.5, 0.6) is 0 Å². The Morgan fingerprint density at radius 2 is 1.78 bits per heavy atom. The molecule has 0 saturated heterocycles. The van der Waals surface area contributed by atoms with Gasteiger partial charge in [0.2, 0.25) is 5.78 Å². The van der Waals surface area contributed by atoms with E-state index in [0.29, 0.717) is 0 Å². The predicted molar refractivity (Wildman–Crippen MR) is 62.2 cm³/mol. The van der Waals surface area contributed by atoms with Crippen molar-refractivity contribution in [2.45, 2.75) is 31.8 Å². The van der Waals surface area contributed by atoms with Crippen molar-refractivity contribution >= 4 is 13.4 Å². The quantitative estimate of drug-likeness (QED) is 0.610. The van der Waals surface area contributed by atoms with Crippen LogP contribution >= 0.6 is 7.60 Å². The van der Waals surface area contributed by atoms with Crippen LogP contribution in [0.2, 0.25) is 0 Å². The molecule has 8 heteroatoms. The van der Waals surface area contributed by atoms with Gasteiger partial charge in [-0.15, -0.1) is 0 Å². The summed E-state index contributed by atoms with van der Waals surface area (Å²) in [5.74, 6) is -5.00. The standard InChI is InChI=1S/C10H19F2O5P/c1-8(15-2)5-6-10(11,12)9(13)7-18(14,16-3)17-4/h8H,5-7H2,1-4H3. The van der Waals surface area contributed by atoms with Gasteiger partial charge in [-0.1, -0.05) is 0 Å². The summed E-state index contributed by atoms with van der Waals surface area (Å²) < 4.78 is 52.3. The fourth-order valence-corrected chi connectivity index (χ4v) is 2.13. The highest BCUT2D eigenvalue weighted by Crippen LogP contribution is 2.47. The molecule has 0 aliphatic rings. The second-order valence-corrected chi connectivity index (χ2v) is 6.12. The Hall–Kier alpha value is -0.360. The van der Waals surface area contributed by atoms with Crippen LogP contribution in [0, 0.1) is 0 Å². The number of halogens is 2. The Kier molecular flexibility index (Phi) is 7.14. The fraction of sp³-hybridized carbons (Fsp3) is 0.900. The van der Waals surface area contributed by atoms with Crippen molar-refractivity contribution in [2.24, 2.45) is 0 Å². The summed E-state index contributed by atoms with van der Waals surface area (Å²) in [5.41, 5.74) is 0. The second-order valence-electron chi connectivity index (χ2n) is 3.85. The van der Waals surface area contributed by atoms with Gasteiger partial charge in [-0.25, -0.2) is 0 Å². The Morgan fingerprint density at radius 3 is 2.17 bits per heavy atom. The van der Waals surface area contributed by atoms with Crippen LogP contribution in [0.3, 0.4) is 0 Å². The lowest BCUT2D eigenvalue weighted by Gasteiger charge is -2.19. The Balaban J connectivity index is 4.52. The van der Waals surface area contributed by atoms with Gasteiger partial charge in [-0.2, -0.15) is 8.78 Å². The van der Waals surface area contributed by atoms with Crippen LogP contribution in [0.4, 0.5) is 8.78 Å². The summed E-state index contributed by atoms with van der Waals surface area (Å²) in [6.45, 7) is 1.62. The van der Waals surface area contributed by atoms with Crippen molar-refractivity contribution < 1.29 is 31.9 Å². The van der Waals surface area contributed by atoms with Gasteiger partial charge in [0.15, 0.2) is 0 Å². The first kappa shape index (κ1) is 17.6. The summed E-state index contributed by atoms with van der Waals surface area (Å²) in [5, 5.41) is 0. The van der Waals surface area contributed by atoms with E-state index in [-0.39, 0.29) is 12.5 Å². The molecule has 0 heterocycles. The first-order valence-electron chi connectivity index (χ1n) is 5.35. The molecule has 0 fully saturated rings. The summed E-state index contributed by atoms with van der Waals surface area (Å²) in [6, 6.07) is 0. The molecule has 0 aromatic heterocycles. The van der Waals surface area contributed by atoms with Gasteiger partial charge in [0.1, 0.15) is 6.16 Å². The average Bonchev–Trinajstić information content (AvgIpc) is 2.35. The molecular weight excluding hydrogens is 269 g/mol. The van der Waals surface area contributed by atoms with Crippen molar-refractivity contribution in [3.63, 3.8) is 0 Å². The van der Waals surface area contributed by atoms with Gasteiger partial charge in [0.25, 0.3) is 0 Å². The van der Waals surface area contributed by atoms with E-state index in [4.69, 9.17) is 4.74 Å². The van der Waals surface area contributed by atoms with Crippen molar-refractivity contribution in [2.75, 3.05) is 27.5 Å². The largest absolute Gasteiger partial charge is 0.382 e. The fourth-order valence-electron chi connectivity index (χ4n) is 1.14. The highest BCUT2D eigenvalue weighted by molar-refractivity contribution is 7.54. The Bertz CT molecular complexity index is 313. The lowest BCUT2D eigenvalue weighted by molar-refractivity contribution is -0.142.